The number of piperidine rings is 1. The Labute approximate surface area is 142 Å². The van der Waals surface area contributed by atoms with Gasteiger partial charge in [0.05, 0.1) is 4.88 Å². The van der Waals surface area contributed by atoms with Gasteiger partial charge in [-0.2, -0.15) is 0 Å². The summed E-state index contributed by atoms with van der Waals surface area (Å²) in [6.07, 6.45) is 4.97. The van der Waals surface area contributed by atoms with Crippen LogP contribution in [0.5, 0.6) is 0 Å². The van der Waals surface area contributed by atoms with Crippen molar-refractivity contribution in [2.75, 3.05) is 18.4 Å². The molecule has 1 saturated heterocycles. The monoisotopic (exact) mass is 328 g/mol. The van der Waals surface area contributed by atoms with E-state index in [1.807, 2.05) is 24.3 Å². The first-order valence-corrected chi connectivity index (χ1v) is 9.27. The average Bonchev–Trinajstić information content (AvgIpc) is 3.07. The number of nitrogens with zero attached hydrogens (tertiary/aromatic N) is 1. The molecule has 0 unspecified atom stereocenters. The van der Waals surface area contributed by atoms with Gasteiger partial charge in [-0.05, 0) is 62.2 Å². The normalized spacial score (nSPS) is 15.5. The number of hydrogen-bond acceptors (Lipinski definition) is 3. The van der Waals surface area contributed by atoms with Crippen LogP contribution in [0.1, 0.15) is 46.3 Å². The molecule has 2 heterocycles. The lowest BCUT2D eigenvalue weighted by molar-refractivity contribution is 0.103. The number of anilines is 1. The second kappa shape index (κ2) is 7.75. The molecule has 0 aliphatic carbocycles. The summed E-state index contributed by atoms with van der Waals surface area (Å²) in [4.78, 5) is 16.8. The van der Waals surface area contributed by atoms with Crippen molar-refractivity contribution in [2.24, 2.45) is 0 Å². The first-order chi connectivity index (χ1) is 11.2. The molecule has 2 aromatic rings. The van der Waals surface area contributed by atoms with Crippen LogP contribution in [0.3, 0.4) is 0 Å². The minimum atomic E-state index is -0.0153. The molecule has 1 aromatic carbocycles. The van der Waals surface area contributed by atoms with Crippen molar-refractivity contribution in [1.29, 1.82) is 0 Å². The van der Waals surface area contributed by atoms with Crippen LogP contribution in [-0.4, -0.2) is 23.9 Å². The Morgan fingerprint density at radius 2 is 1.83 bits per heavy atom. The second-order valence-corrected chi connectivity index (χ2v) is 7.28. The number of rotatable bonds is 5. The number of hydrogen-bond donors (Lipinski definition) is 1. The predicted molar refractivity (Wildman–Crippen MR) is 97.2 cm³/mol. The lowest BCUT2D eigenvalue weighted by atomic mass is 10.1. The summed E-state index contributed by atoms with van der Waals surface area (Å²) in [5.41, 5.74) is 2.18. The predicted octanol–water partition coefficient (Wildman–Crippen LogP) is 4.55. The third kappa shape index (κ3) is 4.43. The van der Waals surface area contributed by atoms with E-state index in [1.165, 1.54) is 42.8 Å². The molecule has 1 aromatic heterocycles. The van der Waals surface area contributed by atoms with Crippen LogP contribution in [0.2, 0.25) is 0 Å². The van der Waals surface area contributed by atoms with E-state index >= 15 is 0 Å². The maximum atomic E-state index is 12.2. The summed E-state index contributed by atoms with van der Waals surface area (Å²) in [5, 5.41) is 2.98. The molecule has 1 N–H and O–H groups in total. The number of aryl methyl sites for hydroxylation is 1. The molecule has 0 radical (unpaired) electrons. The molecule has 1 aliphatic heterocycles. The van der Waals surface area contributed by atoms with Crippen molar-refractivity contribution in [2.45, 2.75) is 39.2 Å². The van der Waals surface area contributed by atoms with E-state index in [4.69, 9.17) is 0 Å². The highest BCUT2D eigenvalue weighted by Gasteiger charge is 2.11. The summed E-state index contributed by atoms with van der Waals surface area (Å²) < 4.78 is 0. The zero-order chi connectivity index (χ0) is 16.1. The van der Waals surface area contributed by atoms with Gasteiger partial charge < -0.3 is 5.32 Å². The van der Waals surface area contributed by atoms with Gasteiger partial charge in [0.15, 0.2) is 0 Å². The third-order valence-electron chi connectivity index (χ3n) is 4.30. The van der Waals surface area contributed by atoms with Gasteiger partial charge in [0.2, 0.25) is 0 Å². The van der Waals surface area contributed by atoms with Crippen molar-refractivity contribution in [1.82, 2.24) is 4.90 Å². The molecule has 1 amide bonds. The maximum absolute atomic E-state index is 12.2. The molecule has 3 nitrogen and oxygen atoms in total. The van der Waals surface area contributed by atoms with Crippen LogP contribution in [0, 0.1) is 0 Å². The first-order valence-electron chi connectivity index (χ1n) is 8.46. The van der Waals surface area contributed by atoms with E-state index in [0.29, 0.717) is 0 Å². The van der Waals surface area contributed by atoms with Crippen molar-refractivity contribution in [3.63, 3.8) is 0 Å². The summed E-state index contributed by atoms with van der Waals surface area (Å²) >= 11 is 1.57. The third-order valence-corrected chi connectivity index (χ3v) is 5.53. The molecule has 0 atom stereocenters. The molecule has 0 spiro atoms. The standard InChI is InChI=1S/C19H24N2OS/c1-2-17-10-11-18(23-17)19(22)20-16-8-6-15(7-9-16)14-21-12-4-3-5-13-21/h6-11H,2-5,12-14H2,1H3,(H,20,22). The molecule has 122 valence electrons. The average molecular weight is 328 g/mol. The highest BCUT2D eigenvalue weighted by Crippen LogP contribution is 2.19. The number of benzene rings is 1. The van der Waals surface area contributed by atoms with Crippen molar-refractivity contribution >= 4 is 22.9 Å². The van der Waals surface area contributed by atoms with E-state index in [9.17, 15) is 4.79 Å². The SMILES string of the molecule is CCc1ccc(C(=O)Nc2ccc(CN3CCCCC3)cc2)s1. The van der Waals surface area contributed by atoms with Crippen molar-refractivity contribution in [3.8, 4) is 0 Å². The number of carbonyl (C=O) groups is 1. The Kier molecular flexibility index (Phi) is 5.47. The van der Waals surface area contributed by atoms with E-state index in [1.54, 1.807) is 11.3 Å². The van der Waals surface area contributed by atoms with Crippen LogP contribution in [0.25, 0.3) is 0 Å². The van der Waals surface area contributed by atoms with Crippen molar-refractivity contribution in [3.05, 3.63) is 51.7 Å². The number of carbonyl (C=O) groups excluding carboxylic acids is 1. The largest absolute Gasteiger partial charge is 0.321 e. The summed E-state index contributed by atoms with van der Waals surface area (Å²) in [6.45, 7) is 5.53. The minimum Gasteiger partial charge on any atom is -0.321 e. The fraction of sp³-hybridized carbons (Fsp3) is 0.421. The number of likely N-dealkylation sites (tertiary alicyclic amines) is 1. The molecule has 23 heavy (non-hydrogen) atoms. The Morgan fingerprint density at radius 3 is 2.48 bits per heavy atom. The lowest BCUT2D eigenvalue weighted by Gasteiger charge is -2.26. The van der Waals surface area contributed by atoms with Crippen LogP contribution in [0.15, 0.2) is 36.4 Å². The Hall–Kier alpha value is -1.65. The topological polar surface area (TPSA) is 32.3 Å². The van der Waals surface area contributed by atoms with Gasteiger partial charge in [-0.25, -0.2) is 0 Å². The smallest absolute Gasteiger partial charge is 0.265 e. The molecular weight excluding hydrogens is 304 g/mol. The first kappa shape index (κ1) is 16.2. The number of nitrogens with one attached hydrogen (secondary N) is 1. The molecule has 0 saturated carbocycles. The van der Waals surface area contributed by atoms with Crippen LogP contribution in [-0.2, 0) is 13.0 Å². The van der Waals surface area contributed by atoms with E-state index < -0.39 is 0 Å². The molecule has 1 fully saturated rings. The lowest BCUT2D eigenvalue weighted by Crippen LogP contribution is -2.29. The highest BCUT2D eigenvalue weighted by atomic mass is 32.1. The van der Waals surface area contributed by atoms with Gasteiger partial charge in [0, 0.05) is 17.1 Å². The fourth-order valence-corrected chi connectivity index (χ4v) is 3.79. The van der Waals surface area contributed by atoms with Gasteiger partial charge in [-0.1, -0.05) is 25.5 Å². The quantitative estimate of drug-likeness (QED) is 0.873. The molecule has 0 bridgehead atoms. The van der Waals surface area contributed by atoms with Gasteiger partial charge in [0.1, 0.15) is 0 Å². The summed E-state index contributed by atoms with van der Waals surface area (Å²) in [6, 6.07) is 12.2. The van der Waals surface area contributed by atoms with E-state index in [2.05, 4.69) is 29.3 Å². The molecular formula is C19H24N2OS. The highest BCUT2D eigenvalue weighted by molar-refractivity contribution is 7.14. The van der Waals surface area contributed by atoms with Gasteiger partial charge in [-0.3, -0.25) is 9.69 Å². The zero-order valence-electron chi connectivity index (χ0n) is 13.7. The number of amides is 1. The Balaban J connectivity index is 1.57. The van der Waals surface area contributed by atoms with E-state index in [0.717, 1.165) is 23.5 Å². The van der Waals surface area contributed by atoms with Crippen molar-refractivity contribution < 1.29 is 4.79 Å². The van der Waals surface area contributed by atoms with E-state index in [-0.39, 0.29) is 5.91 Å². The van der Waals surface area contributed by atoms with Crippen LogP contribution in [0.4, 0.5) is 5.69 Å². The maximum Gasteiger partial charge on any atom is 0.265 e. The summed E-state index contributed by atoms with van der Waals surface area (Å²) in [7, 11) is 0. The Bertz CT molecular complexity index is 642. The molecule has 1 aliphatic rings. The number of thiophene rings is 1. The van der Waals surface area contributed by atoms with Crippen LogP contribution >= 0.6 is 11.3 Å². The molecule has 4 heteroatoms. The second-order valence-electron chi connectivity index (χ2n) is 6.11. The molecule has 3 rings (SSSR count). The fourth-order valence-electron chi connectivity index (χ4n) is 2.95. The zero-order valence-corrected chi connectivity index (χ0v) is 14.5. The minimum absolute atomic E-state index is 0.0153. The van der Waals surface area contributed by atoms with Gasteiger partial charge >= 0.3 is 0 Å². The Morgan fingerprint density at radius 1 is 1.09 bits per heavy atom. The summed E-state index contributed by atoms with van der Waals surface area (Å²) in [5.74, 6) is -0.0153. The van der Waals surface area contributed by atoms with Crippen LogP contribution < -0.4 is 5.32 Å². The van der Waals surface area contributed by atoms with Gasteiger partial charge in [0.25, 0.3) is 5.91 Å². The van der Waals surface area contributed by atoms with Gasteiger partial charge in [-0.15, -0.1) is 11.3 Å².